The molecule has 2 heterocycles. The second kappa shape index (κ2) is 9.19. The van der Waals surface area contributed by atoms with Crippen LogP contribution in [-0.4, -0.2) is 23.7 Å². The van der Waals surface area contributed by atoms with E-state index >= 15 is 4.39 Å². The molecule has 2 aliphatic rings. The summed E-state index contributed by atoms with van der Waals surface area (Å²) in [7, 11) is 1.79. The maximum atomic E-state index is 15.7. The van der Waals surface area contributed by atoms with Gasteiger partial charge in [0, 0.05) is 35.1 Å². The van der Waals surface area contributed by atoms with Crippen molar-refractivity contribution in [2.24, 2.45) is 4.99 Å². The van der Waals surface area contributed by atoms with Crippen LogP contribution in [0.2, 0.25) is 0 Å². The lowest BCUT2D eigenvalue weighted by Crippen LogP contribution is -2.31. The third kappa shape index (κ3) is 3.80. The van der Waals surface area contributed by atoms with Gasteiger partial charge in [0.2, 0.25) is 0 Å². The molecule has 2 aromatic carbocycles. The number of allylic oxidation sites excluding steroid dienone is 4. The van der Waals surface area contributed by atoms with Gasteiger partial charge in [0.15, 0.2) is 0 Å². The van der Waals surface area contributed by atoms with E-state index in [1.807, 2.05) is 25.1 Å². The lowest BCUT2D eigenvalue weighted by Gasteiger charge is -2.33. The van der Waals surface area contributed by atoms with Crippen molar-refractivity contribution in [2.45, 2.75) is 46.6 Å². The summed E-state index contributed by atoms with van der Waals surface area (Å²) >= 11 is 0. The molecule has 0 atom stereocenters. The van der Waals surface area contributed by atoms with Crippen LogP contribution in [0, 0.1) is 35.4 Å². The van der Waals surface area contributed by atoms with Crippen molar-refractivity contribution in [1.29, 1.82) is 10.5 Å². The van der Waals surface area contributed by atoms with Crippen LogP contribution in [0.25, 0.3) is 0 Å². The molecule has 4 rings (SSSR count). The van der Waals surface area contributed by atoms with Gasteiger partial charge in [-0.3, -0.25) is 9.79 Å². The first-order chi connectivity index (χ1) is 16.7. The number of nitriles is 2. The van der Waals surface area contributed by atoms with Crippen LogP contribution in [0.1, 0.15) is 64.9 Å². The zero-order chi connectivity index (χ0) is 25.4. The molecule has 6 nitrogen and oxygen atoms in total. The standard InChI is InChI=1S/C28H26FN5O/c1-6-18-9-7-8-10-19(18)28(35)33-27-20-11-21(26(29)15(2)24(20)14-32-27)25-22(12-30)16(3)34(5)17(4)23(25)13-31/h7-11,25H,6,14H2,1-5H3,(H,32,33,35). The highest BCUT2D eigenvalue weighted by molar-refractivity contribution is 6.14. The van der Waals surface area contributed by atoms with Crippen molar-refractivity contribution < 1.29 is 9.18 Å². The van der Waals surface area contributed by atoms with Crippen LogP contribution >= 0.6 is 0 Å². The van der Waals surface area contributed by atoms with Gasteiger partial charge in [0.05, 0.1) is 35.7 Å². The van der Waals surface area contributed by atoms with Crippen molar-refractivity contribution in [2.75, 3.05) is 7.05 Å². The number of amidine groups is 1. The first-order valence-corrected chi connectivity index (χ1v) is 11.5. The largest absolute Gasteiger partial charge is 0.350 e. The second-order valence-corrected chi connectivity index (χ2v) is 8.77. The van der Waals surface area contributed by atoms with Crippen molar-refractivity contribution in [3.8, 4) is 12.1 Å². The predicted octanol–water partition coefficient (Wildman–Crippen LogP) is 5.01. The van der Waals surface area contributed by atoms with Crippen molar-refractivity contribution in [3.05, 3.63) is 92.1 Å². The average molecular weight is 468 g/mol. The van der Waals surface area contributed by atoms with Gasteiger partial charge in [-0.15, -0.1) is 0 Å². The highest BCUT2D eigenvalue weighted by Crippen LogP contribution is 2.43. The Morgan fingerprint density at radius 1 is 1.17 bits per heavy atom. The third-order valence-electron chi connectivity index (χ3n) is 7.10. The average Bonchev–Trinajstić information content (AvgIpc) is 3.27. The number of aryl methyl sites for hydroxylation is 1. The van der Waals surface area contributed by atoms with Gasteiger partial charge < -0.3 is 10.2 Å². The van der Waals surface area contributed by atoms with Gasteiger partial charge in [-0.2, -0.15) is 10.5 Å². The van der Waals surface area contributed by atoms with E-state index in [0.29, 0.717) is 57.1 Å². The number of benzene rings is 2. The molecular weight excluding hydrogens is 441 g/mol. The fraction of sp³-hybridized carbons (Fsp3) is 0.286. The summed E-state index contributed by atoms with van der Waals surface area (Å²) in [5.74, 6) is -1.20. The zero-order valence-corrected chi connectivity index (χ0v) is 20.5. The van der Waals surface area contributed by atoms with Gasteiger partial charge in [0.1, 0.15) is 11.7 Å². The fourth-order valence-electron chi connectivity index (χ4n) is 4.83. The second-order valence-electron chi connectivity index (χ2n) is 8.77. The Kier molecular flexibility index (Phi) is 6.28. The molecule has 2 aromatic rings. The summed E-state index contributed by atoms with van der Waals surface area (Å²) in [5.41, 5.74) is 5.43. The highest BCUT2D eigenvalue weighted by atomic mass is 19.1. The lowest BCUT2D eigenvalue weighted by atomic mass is 9.79. The van der Waals surface area contributed by atoms with Crippen LogP contribution in [-0.2, 0) is 13.0 Å². The molecule has 0 fully saturated rings. The summed E-state index contributed by atoms with van der Waals surface area (Å²) in [5, 5.41) is 22.8. The smallest absolute Gasteiger partial charge is 0.257 e. The molecule has 35 heavy (non-hydrogen) atoms. The molecule has 0 bridgehead atoms. The molecule has 1 N–H and O–H groups in total. The van der Waals surface area contributed by atoms with Crippen molar-refractivity contribution >= 4 is 11.7 Å². The SMILES string of the molecule is CCc1ccccc1C(=O)NC1=NCc2c1cc(C1C(C#N)=C(C)N(C)C(C)=C1C#N)c(F)c2C. The fourth-order valence-corrected chi connectivity index (χ4v) is 4.83. The van der Waals surface area contributed by atoms with Crippen LogP contribution in [0.4, 0.5) is 4.39 Å². The van der Waals surface area contributed by atoms with E-state index in [1.165, 1.54) is 0 Å². The van der Waals surface area contributed by atoms with Crippen molar-refractivity contribution in [1.82, 2.24) is 10.2 Å². The van der Waals surface area contributed by atoms with E-state index < -0.39 is 11.7 Å². The van der Waals surface area contributed by atoms with Crippen molar-refractivity contribution in [3.63, 3.8) is 0 Å². The predicted molar refractivity (Wildman–Crippen MR) is 132 cm³/mol. The molecule has 0 saturated carbocycles. The van der Waals surface area contributed by atoms with Crippen LogP contribution in [0.3, 0.4) is 0 Å². The summed E-state index contributed by atoms with van der Waals surface area (Å²) in [4.78, 5) is 19.3. The number of rotatable bonds is 3. The van der Waals surface area contributed by atoms with Crippen LogP contribution < -0.4 is 5.32 Å². The maximum absolute atomic E-state index is 15.7. The monoisotopic (exact) mass is 467 g/mol. The number of fused-ring (bicyclic) bond motifs is 1. The Labute approximate surface area is 204 Å². The minimum atomic E-state index is -0.830. The number of hydrogen-bond donors (Lipinski definition) is 1. The molecule has 7 heteroatoms. The first kappa shape index (κ1) is 23.9. The molecular formula is C28H26FN5O. The lowest BCUT2D eigenvalue weighted by molar-refractivity contribution is 0.0976. The third-order valence-corrected chi connectivity index (χ3v) is 7.10. The van der Waals surface area contributed by atoms with Gasteiger partial charge in [-0.05, 0) is 56.0 Å². The number of nitrogens with one attached hydrogen (secondary N) is 1. The van der Waals surface area contributed by atoms with Crippen LogP contribution in [0.15, 0.2) is 57.9 Å². The van der Waals surface area contributed by atoms with E-state index in [9.17, 15) is 15.3 Å². The maximum Gasteiger partial charge on any atom is 0.257 e. The Hall–Kier alpha value is -4.23. The Balaban J connectivity index is 1.82. The summed E-state index contributed by atoms with van der Waals surface area (Å²) < 4.78 is 15.7. The topological polar surface area (TPSA) is 92.3 Å². The summed E-state index contributed by atoms with van der Waals surface area (Å²) in [6.07, 6.45) is 0.711. The minimum Gasteiger partial charge on any atom is -0.350 e. The number of amides is 1. The molecule has 1 amide bonds. The molecule has 0 aromatic heterocycles. The minimum absolute atomic E-state index is 0.235. The summed E-state index contributed by atoms with van der Waals surface area (Å²) in [6.45, 7) is 7.49. The number of halogens is 1. The number of nitrogens with zero attached hydrogens (tertiary/aromatic N) is 4. The number of carbonyl (C=O) groups excluding carboxylic acids is 1. The molecule has 0 aliphatic carbocycles. The molecule has 0 radical (unpaired) electrons. The molecule has 176 valence electrons. The summed E-state index contributed by atoms with van der Waals surface area (Å²) in [6, 6.07) is 13.4. The Morgan fingerprint density at radius 3 is 2.40 bits per heavy atom. The van der Waals surface area contributed by atoms with E-state index in [1.54, 1.807) is 44.9 Å². The quantitative estimate of drug-likeness (QED) is 0.687. The van der Waals surface area contributed by atoms with Gasteiger partial charge in [-0.25, -0.2) is 4.39 Å². The van der Waals surface area contributed by atoms with Gasteiger partial charge in [0.25, 0.3) is 5.91 Å². The molecule has 0 unspecified atom stereocenters. The molecule has 2 aliphatic heterocycles. The molecule has 0 spiro atoms. The van der Waals surface area contributed by atoms with Gasteiger partial charge >= 0.3 is 0 Å². The Bertz CT molecular complexity index is 1400. The number of carbonyl (C=O) groups is 1. The van der Waals surface area contributed by atoms with Gasteiger partial charge in [-0.1, -0.05) is 25.1 Å². The van der Waals surface area contributed by atoms with E-state index in [4.69, 9.17) is 0 Å². The first-order valence-electron chi connectivity index (χ1n) is 11.5. The molecule has 0 saturated heterocycles. The highest BCUT2D eigenvalue weighted by Gasteiger charge is 2.36. The van der Waals surface area contributed by atoms with Crippen LogP contribution in [0.5, 0.6) is 0 Å². The Morgan fingerprint density at radius 2 is 1.80 bits per heavy atom. The van der Waals surface area contributed by atoms with E-state index in [0.717, 1.165) is 5.56 Å². The number of hydrogen-bond acceptors (Lipinski definition) is 5. The normalized spacial score (nSPS) is 15.5. The zero-order valence-electron chi connectivity index (χ0n) is 20.5. The van der Waals surface area contributed by atoms with E-state index in [-0.39, 0.29) is 18.0 Å². The van der Waals surface area contributed by atoms with E-state index in [2.05, 4.69) is 22.4 Å². The number of aliphatic imine (C=N–C) groups is 1.